The molecule has 0 fully saturated rings. The van der Waals surface area contributed by atoms with Gasteiger partial charge in [-0.3, -0.25) is 9.59 Å². The van der Waals surface area contributed by atoms with Crippen LogP contribution < -0.4 is 10.9 Å². The summed E-state index contributed by atoms with van der Waals surface area (Å²) in [5, 5.41) is 12.5. The highest BCUT2D eigenvalue weighted by molar-refractivity contribution is 9.11. The molecule has 0 aliphatic carbocycles. The molecule has 36 heavy (non-hydrogen) atoms. The zero-order valence-corrected chi connectivity index (χ0v) is 24.4. The Morgan fingerprint density at radius 2 is 1.06 bits per heavy atom. The molecule has 0 aliphatic rings. The topological polar surface area (TPSA) is 34.1 Å². The Kier molecular flexibility index (Phi) is 4.30. The van der Waals surface area contributed by atoms with Crippen LogP contribution in [0.5, 0.6) is 0 Å². The van der Waals surface area contributed by atoms with Crippen LogP contribution in [0, 0.1) is 0 Å². The Labute approximate surface area is 236 Å². The molecule has 0 spiro atoms. The molecule has 0 radical (unpaired) electrons. The van der Waals surface area contributed by atoms with E-state index in [1.165, 1.54) is 0 Å². The van der Waals surface area contributed by atoms with Crippen molar-refractivity contribution < 1.29 is 0 Å². The van der Waals surface area contributed by atoms with Crippen LogP contribution in [0.4, 0.5) is 0 Å². The van der Waals surface area contributed by atoms with Gasteiger partial charge in [-0.2, -0.15) is 0 Å². The van der Waals surface area contributed by atoms with Crippen molar-refractivity contribution in [2.75, 3.05) is 0 Å². The second kappa shape index (κ2) is 7.13. The number of hydrogen-bond donors (Lipinski definition) is 0. The highest BCUT2D eigenvalue weighted by Gasteiger charge is 2.26. The zero-order chi connectivity index (χ0) is 24.6. The lowest BCUT2D eigenvalue weighted by Gasteiger charge is -2.21. The Balaban J connectivity index is 1.86. The Hall–Kier alpha value is -2.38. The molecule has 0 bridgehead atoms. The monoisotopic (exact) mass is 718 g/mol. The lowest BCUT2D eigenvalue weighted by molar-refractivity contribution is 1.68. The van der Waals surface area contributed by atoms with Gasteiger partial charge in [-0.05, 0) is 62.4 Å². The normalized spacial score (nSPS) is 12.7. The minimum atomic E-state index is 0.00487. The second-order valence-electron chi connectivity index (χ2n) is 9.21. The maximum atomic E-state index is 13.8. The van der Waals surface area contributed by atoms with Crippen molar-refractivity contribution in [2.24, 2.45) is 0 Å². The predicted molar refractivity (Wildman–Crippen MR) is 166 cm³/mol. The molecule has 0 aromatic heterocycles. The summed E-state index contributed by atoms with van der Waals surface area (Å²) in [6.07, 6.45) is 0. The Morgan fingerprint density at radius 1 is 0.417 bits per heavy atom. The van der Waals surface area contributed by atoms with Crippen molar-refractivity contribution in [3.63, 3.8) is 0 Å². The number of halogens is 4. The molecule has 0 saturated heterocycles. The van der Waals surface area contributed by atoms with Crippen LogP contribution in [0.25, 0.3) is 75.4 Å². The van der Waals surface area contributed by atoms with Gasteiger partial charge in [0.1, 0.15) is 0 Å². The van der Waals surface area contributed by atoms with Gasteiger partial charge in [0.25, 0.3) is 0 Å². The van der Waals surface area contributed by atoms with E-state index in [0.717, 1.165) is 71.8 Å². The summed E-state index contributed by atoms with van der Waals surface area (Å²) in [4.78, 5) is 27.5. The van der Waals surface area contributed by atoms with Crippen molar-refractivity contribution in [1.82, 2.24) is 0 Å². The highest BCUT2D eigenvalue weighted by atomic mass is 79.9. The maximum Gasteiger partial charge on any atom is 0.194 e. The van der Waals surface area contributed by atoms with Crippen LogP contribution in [-0.2, 0) is 0 Å². The molecule has 0 atom stereocenters. The van der Waals surface area contributed by atoms with Gasteiger partial charge in [-0.1, -0.05) is 78.1 Å². The molecule has 0 amide bonds. The molecule has 6 heteroatoms. The summed E-state index contributed by atoms with van der Waals surface area (Å²) >= 11 is 15.2. The highest BCUT2D eigenvalue weighted by Crippen LogP contribution is 2.51. The van der Waals surface area contributed by atoms with Crippen LogP contribution in [-0.4, -0.2) is 0 Å². The maximum absolute atomic E-state index is 13.8. The van der Waals surface area contributed by atoms with Crippen LogP contribution >= 0.6 is 63.7 Å². The summed E-state index contributed by atoms with van der Waals surface area (Å²) in [6, 6.07) is 19.6. The van der Waals surface area contributed by atoms with E-state index in [2.05, 4.69) is 69.8 Å². The van der Waals surface area contributed by atoms with Gasteiger partial charge in [-0.25, -0.2) is 0 Å². The Morgan fingerprint density at radius 3 is 1.81 bits per heavy atom. The summed E-state index contributed by atoms with van der Waals surface area (Å²) in [5.74, 6) is 0. The third kappa shape index (κ3) is 2.42. The third-order valence-corrected chi connectivity index (χ3v) is 10.3. The zero-order valence-electron chi connectivity index (χ0n) is 18.1. The largest absolute Gasteiger partial charge is 0.289 e. The van der Waals surface area contributed by atoms with E-state index in [1.807, 2.05) is 54.6 Å². The first-order valence-electron chi connectivity index (χ1n) is 11.2. The average molecular weight is 722 g/mol. The standard InChI is InChI=1S/C30H10Br4O2/c31-17-5-1-3-12-21(17)15-9-11-7-8-14-24-20(11)26-22(15)16(30(12)36)10-19(33)25(26)28(34)27(24)23-13(29(14)35)4-2-6-18(23)32/h1-10H. The molecular formula is C30H10Br4O2. The number of fused-ring (bicyclic) bond motifs is 4. The molecule has 8 aromatic rings. The van der Waals surface area contributed by atoms with Gasteiger partial charge < -0.3 is 0 Å². The van der Waals surface area contributed by atoms with Gasteiger partial charge in [0, 0.05) is 77.1 Å². The first kappa shape index (κ1) is 21.7. The fourth-order valence-corrected chi connectivity index (χ4v) is 9.01. The van der Waals surface area contributed by atoms with E-state index in [0.29, 0.717) is 21.5 Å². The second-order valence-corrected chi connectivity index (χ2v) is 12.6. The van der Waals surface area contributed by atoms with Crippen molar-refractivity contribution in [2.45, 2.75) is 0 Å². The van der Waals surface area contributed by atoms with E-state index in [4.69, 9.17) is 0 Å². The molecule has 170 valence electrons. The third-order valence-electron chi connectivity index (χ3n) is 7.55. The van der Waals surface area contributed by atoms with Gasteiger partial charge in [0.05, 0.1) is 0 Å². The van der Waals surface area contributed by atoms with Gasteiger partial charge >= 0.3 is 0 Å². The number of benzene rings is 8. The van der Waals surface area contributed by atoms with Gasteiger partial charge in [0.2, 0.25) is 0 Å². The average Bonchev–Trinajstić information content (AvgIpc) is 2.86. The molecular weight excluding hydrogens is 712 g/mol. The molecule has 0 heterocycles. The molecule has 0 saturated carbocycles. The fraction of sp³-hybridized carbons (Fsp3) is 0. The summed E-state index contributed by atoms with van der Waals surface area (Å²) in [6.45, 7) is 0. The molecule has 8 aromatic carbocycles. The van der Waals surface area contributed by atoms with Crippen LogP contribution in [0.1, 0.15) is 0 Å². The van der Waals surface area contributed by atoms with Crippen LogP contribution in [0.3, 0.4) is 0 Å². The lowest BCUT2D eigenvalue weighted by Crippen LogP contribution is -2.07. The van der Waals surface area contributed by atoms with Crippen molar-refractivity contribution in [3.8, 4) is 0 Å². The minimum absolute atomic E-state index is 0.00487. The van der Waals surface area contributed by atoms with Crippen molar-refractivity contribution in [3.05, 3.63) is 99.0 Å². The van der Waals surface area contributed by atoms with E-state index in [-0.39, 0.29) is 10.9 Å². The quantitative estimate of drug-likeness (QED) is 0.115. The van der Waals surface area contributed by atoms with E-state index in [1.54, 1.807) is 0 Å². The predicted octanol–water partition coefficient (Wildman–Crippen LogP) is 9.84. The fourth-order valence-electron chi connectivity index (χ4n) is 6.17. The van der Waals surface area contributed by atoms with Crippen molar-refractivity contribution in [1.29, 1.82) is 0 Å². The minimum Gasteiger partial charge on any atom is -0.289 e. The summed E-state index contributed by atoms with van der Waals surface area (Å²) in [7, 11) is 0. The Bertz CT molecular complexity index is 2400. The smallest absolute Gasteiger partial charge is 0.194 e. The molecule has 8 rings (SSSR count). The summed E-state index contributed by atoms with van der Waals surface area (Å²) < 4.78 is 3.52. The van der Waals surface area contributed by atoms with E-state index >= 15 is 0 Å². The molecule has 0 unspecified atom stereocenters. The van der Waals surface area contributed by atoms with Crippen LogP contribution in [0.2, 0.25) is 0 Å². The van der Waals surface area contributed by atoms with Gasteiger partial charge in [0.15, 0.2) is 10.9 Å². The number of rotatable bonds is 0. The molecule has 0 N–H and O–H groups in total. The molecule has 2 nitrogen and oxygen atoms in total. The van der Waals surface area contributed by atoms with Crippen molar-refractivity contribution >= 4 is 139 Å². The van der Waals surface area contributed by atoms with E-state index < -0.39 is 0 Å². The molecule has 0 aliphatic heterocycles. The van der Waals surface area contributed by atoms with Gasteiger partial charge in [-0.15, -0.1) is 0 Å². The first-order valence-corrected chi connectivity index (χ1v) is 14.4. The summed E-state index contributed by atoms with van der Waals surface area (Å²) in [5.41, 5.74) is 0.0182. The lowest BCUT2D eigenvalue weighted by atomic mass is 9.84. The first-order chi connectivity index (χ1) is 17.4. The van der Waals surface area contributed by atoms with Crippen LogP contribution in [0.15, 0.2) is 88.1 Å². The number of hydrogen-bond acceptors (Lipinski definition) is 2. The SMILES string of the molecule is O=c1c2cccc(Br)c2c2cc3ccc4c(=O)c5cccc(Br)c5c5c(Br)c6c(Br)cc1c2c6c3c45. The van der Waals surface area contributed by atoms with E-state index in [9.17, 15) is 9.59 Å².